The Kier molecular flexibility index (Phi) is 2.23. The van der Waals surface area contributed by atoms with Crippen molar-refractivity contribution < 1.29 is 4.74 Å². The van der Waals surface area contributed by atoms with Gasteiger partial charge in [0.05, 0.1) is 0 Å². The molecule has 0 unspecified atom stereocenters. The van der Waals surface area contributed by atoms with Crippen LogP contribution in [0.1, 0.15) is 5.69 Å². The summed E-state index contributed by atoms with van der Waals surface area (Å²) >= 11 is 0. The van der Waals surface area contributed by atoms with E-state index < -0.39 is 6.02 Å². The van der Waals surface area contributed by atoms with E-state index in [-0.39, 0.29) is 5.69 Å². The van der Waals surface area contributed by atoms with Crippen LogP contribution >= 0.6 is 0 Å². The van der Waals surface area contributed by atoms with Gasteiger partial charge in [-0.05, 0) is 6.07 Å². The first-order chi connectivity index (χ1) is 5.72. The van der Waals surface area contributed by atoms with Crippen LogP contribution in [-0.2, 0) is 0 Å². The number of aromatic nitrogens is 1. The second-order valence-corrected chi connectivity index (χ2v) is 1.95. The van der Waals surface area contributed by atoms with Crippen molar-refractivity contribution in [2.45, 2.75) is 0 Å². The van der Waals surface area contributed by atoms with Crippen LogP contribution in [0, 0.1) is 16.7 Å². The lowest BCUT2D eigenvalue weighted by Crippen LogP contribution is -2.17. The second kappa shape index (κ2) is 3.34. The summed E-state index contributed by atoms with van der Waals surface area (Å²) in [6.45, 7) is 0. The first kappa shape index (κ1) is 8.01. The molecule has 1 rings (SSSR count). The first-order valence-electron chi connectivity index (χ1n) is 3.10. The van der Waals surface area contributed by atoms with Gasteiger partial charge in [0.25, 0.3) is 6.02 Å². The predicted octanol–water partition coefficient (Wildman–Crippen LogP) is 0.226. The molecule has 1 aromatic heterocycles. The molecule has 5 heteroatoms. The van der Waals surface area contributed by atoms with E-state index in [1.54, 1.807) is 0 Å². The van der Waals surface area contributed by atoms with Crippen molar-refractivity contribution in [3.63, 3.8) is 0 Å². The van der Waals surface area contributed by atoms with Gasteiger partial charge in [-0.2, -0.15) is 5.26 Å². The van der Waals surface area contributed by atoms with E-state index in [4.69, 9.17) is 21.1 Å². The first-order valence-corrected chi connectivity index (χ1v) is 3.10. The molecule has 12 heavy (non-hydrogen) atoms. The summed E-state index contributed by atoms with van der Waals surface area (Å²) in [6.07, 6.45) is 1.41. The summed E-state index contributed by atoms with van der Waals surface area (Å²) in [5.74, 6) is 0.342. The van der Waals surface area contributed by atoms with E-state index in [2.05, 4.69) is 4.98 Å². The van der Waals surface area contributed by atoms with E-state index >= 15 is 0 Å². The van der Waals surface area contributed by atoms with Crippen molar-refractivity contribution in [1.29, 1.82) is 10.7 Å². The molecule has 0 atom stereocenters. The van der Waals surface area contributed by atoms with E-state index in [9.17, 15) is 0 Å². The second-order valence-electron chi connectivity index (χ2n) is 1.95. The van der Waals surface area contributed by atoms with Gasteiger partial charge in [0.15, 0.2) is 0 Å². The van der Waals surface area contributed by atoms with Crippen molar-refractivity contribution in [2.24, 2.45) is 5.73 Å². The standard InChI is InChI=1S/C7H6N4O/c8-4-5-3-6(1-2-11-5)12-7(9)10/h1-3H,(H3,9,10). The zero-order valence-electron chi connectivity index (χ0n) is 6.11. The highest BCUT2D eigenvalue weighted by atomic mass is 16.5. The molecule has 1 aromatic rings. The number of nitrogens with one attached hydrogen (secondary N) is 1. The minimum absolute atomic E-state index is 0.230. The van der Waals surface area contributed by atoms with Gasteiger partial charge in [-0.1, -0.05) is 0 Å². The van der Waals surface area contributed by atoms with Gasteiger partial charge in [-0.15, -0.1) is 0 Å². The van der Waals surface area contributed by atoms with E-state index in [1.165, 1.54) is 18.3 Å². The molecule has 0 aliphatic rings. The summed E-state index contributed by atoms with van der Waals surface area (Å²) in [5.41, 5.74) is 5.20. The summed E-state index contributed by atoms with van der Waals surface area (Å²) in [6, 6.07) is 4.35. The molecule has 0 amide bonds. The van der Waals surface area contributed by atoms with E-state index in [0.29, 0.717) is 5.75 Å². The minimum Gasteiger partial charge on any atom is -0.426 e. The Bertz CT molecular complexity index is 342. The van der Waals surface area contributed by atoms with E-state index in [0.717, 1.165) is 0 Å². The van der Waals surface area contributed by atoms with Gasteiger partial charge in [-0.3, -0.25) is 5.41 Å². The van der Waals surface area contributed by atoms with Gasteiger partial charge in [0.2, 0.25) is 0 Å². The van der Waals surface area contributed by atoms with Crippen LogP contribution in [0.25, 0.3) is 0 Å². The molecule has 60 valence electrons. The van der Waals surface area contributed by atoms with Crippen LogP contribution in [0.15, 0.2) is 18.3 Å². The van der Waals surface area contributed by atoms with Crippen molar-refractivity contribution in [3.05, 3.63) is 24.0 Å². The van der Waals surface area contributed by atoms with Crippen molar-refractivity contribution in [3.8, 4) is 11.8 Å². The third-order valence-corrected chi connectivity index (χ3v) is 1.07. The van der Waals surface area contributed by atoms with Crippen molar-refractivity contribution >= 4 is 6.02 Å². The normalized spacial score (nSPS) is 8.58. The zero-order valence-corrected chi connectivity index (χ0v) is 6.11. The maximum Gasteiger partial charge on any atom is 0.284 e. The summed E-state index contributed by atoms with van der Waals surface area (Å²) in [5, 5.41) is 15.3. The fourth-order valence-electron chi connectivity index (χ4n) is 0.663. The molecule has 0 spiro atoms. The summed E-state index contributed by atoms with van der Waals surface area (Å²) < 4.78 is 4.73. The van der Waals surface area contributed by atoms with Crippen LogP contribution in [-0.4, -0.2) is 11.0 Å². The minimum atomic E-state index is -0.412. The van der Waals surface area contributed by atoms with Crippen LogP contribution < -0.4 is 10.5 Å². The number of pyridine rings is 1. The Hall–Kier alpha value is -2.09. The van der Waals surface area contributed by atoms with Gasteiger partial charge >= 0.3 is 0 Å². The average molecular weight is 162 g/mol. The molecule has 0 saturated heterocycles. The van der Waals surface area contributed by atoms with Gasteiger partial charge in [0, 0.05) is 12.3 Å². The molecule has 0 aliphatic carbocycles. The molecule has 0 bridgehead atoms. The highest BCUT2D eigenvalue weighted by molar-refractivity contribution is 5.70. The molecule has 3 N–H and O–H groups in total. The molecule has 0 aromatic carbocycles. The van der Waals surface area contributed by atoms with E-state index in [1.807, 2.05) is 6.07 Å². The topological polar surface area (TPSA) is 95.8 Å². The SMILES string of the molecule is N#Cc1cc(OC(=N)N)ccn1. The van der Waals surface area contributed by atoms with Crippen LogP contribution in [0.5, 0.6) is 5.75 Å². The van der Waals surface area contributed by atoms with Gasteiger partial charge in [-0.25, -0.2) is 4.98 Å². The maximum absolute atomic E-state index is 8.44. The fourth-order valence-corrected chi connectivity index (χ4v) is 0.663. The predicted molar refractivity (Wildman–Crippen MR) is 41.5 cm³/mol. The number of rotatable bonds is 1. The zero-order chi connectivity index (χ0) is 8.97. The molecule has 0 aliphatic heterocycles. The maximum atomic E-state index is 8.44. The Morgan fingerprint density at radius 1 is 1.75 bits per heavy atom. The number of nitriles is 1. The Morgan fingerprint density at radius 2 is 2.50 bits per heavy atom. The molecule has 0 fully saturated rings. The Balaban J connectivity index is 2.88. The third kappa shape index (κ3) is 1.95. The van der Waals surface area contributed by atoms with Crippen LogP contribution in [0.4, 0.5) is 0 Å². The molecule has 5 nitrogen and oxygen atoms in total. The summed E-state index contributed by atoms with van der Waals surface area (Å²) in [7, 11) is 0. The van der Waals surface area contributed by atoms with Crippen LogP contribution in [0.2, 0.25) is 0 Å². The fraction of sp³-hybridized carbons (Fsp3) is 0. The molecule has 1 heterocycles. The van der Waals surface area contributed by atoms with Gasteiger partial charge in [0.1, 0.15) is 17.5 Å². The monoisotopic (exact) mass is 162 g/mol. The largest absolute Gasteiger partial charge is 0.426 e. The average Bonchev–Trinajstić information content (AvgIpc) is 2.03. The lowest BCUT2D eigenvalue weighted by molar-refractivity contribution is 0.536. The Labute approximate surface area is 68.9 Å². The molecule has 0 saturated carbocycles. The molecular formula is C7H6N4O. The highest BCUT2D eigenvalue weighted by Crippen LogP contribution is 2.09. The lowest BCUT2D eigenvalue weighted by atomic mass is 10.3. The number of ether oxygens (including phenoxy) is 1. The van der Waals surface area contributed by atoms with Crippen molar-refractivity contribution in [1.82, 2.24) is 4.98 Å². The Morgan fingerprint density at radius 3 is 3.08 bits per heavy atom. The number of nitrogens with zero attached hydrogens (tertiary/aromatic N) is 2. The number of nitrogens with two attached hydrogens (primary N) is 1. The molecular weight excluding hydrogens is 156 g/mol. The van der Waals surface area contributed by atoms with Crippen molar-refractivity contribution in [2.75, 3.05) is 0 Å². The third-order valence-electron chi connectivity index (χ3n) is 1.07. The van der Waals surface area contributed by atoms with Crippen LogP contribution in [0.3, 0.4) is 0 Å². The summed E-state index contributed by atoms with van der Waals surface area (Å²) in [4.78, 5) is 3.71. The number of hydrogen-bond donors (Lipinski definition) is 2. The quantitative estimate of drug-likeness (QED) is 0.456. The highest BCUT2D eigenvalue weighted by Gasteiger charge is 1.97. The molecule has 0 radical (unpaired) electrons. The number of hydrogen-bond acceptors (Lipinski definition) is 4. The van der Waals surface area contributed by atoms with Gasteiger partial charge < -0.3 is 10.5 Å². The lowest BCUT2D eigenvalue weighted by Gasteiger charge is -2.00. The smallest absolute Gasteiger partial charge is 0.284 e. The number of amidine groups is 1.